The molecule has 0 saturated carbocycles. The van der Waals surface area contributed by atoms with Gasteiger partial charge in [-0.2, -0.15) is 0 Å². The number of carbonyl (C=O) groups is 3. The predicted molar refractivity (Wildman–Crippen MR) is 104 cm³/mol. The molecule has 3 amide bonds. The second kappa shape index (κ2) is 6.67. The van der Waals surface area contributed by atoms with Gasteiger partial charge in [0.2, 0.25) is 11.8 Å². The molecule has 4 rings (SSSR count). The minimum Gasteiger partial charge on any atom is -0.495 e. The van der Waals surface area contributed by atoms with Gasteiger partial charge in [-0.3, -0.25) is 19.3 Å². The summed E-state index contributed by atoms with van der Waals surface area (Å²) in [6.07, 6.45) is 0.816. The molecule has 2 aliphatic rings. The smallest absolute Gasteiger partial charge is 0.258 e. The fourth-order valence-electron chi connectivity index (χ4n) is 4.02. The maximum absolute atomic E-state index is 13.2. The lowest BCUT2D eigenvalue weighted by molar-refractivity contribution is -0.120. The number of rotatable bonds is 4. The maximum atomic E-state index is 13.2. The van der Waals surface area contributed by atoms with Crippen molar-refractivity contribution in [2.24, 2.45) is 0 Å². The van der Waals surface area contributed by atoms with Crippen LogP contribution in [-0.4, -0.2) is 41.9 Å². The minimum atomic E-state index is -0.860. The number of nitrogens with one attached hydrogen (secondary N) is 1. The SMILES string of the molecule is COc1ccccc1NC(=O)CN1C(=O)c2ccccc2N2C(=O)CCC12C. The molecule has 2 aliphatic heterocycles. The number of benzene rings is 2. The molecule has 7 heteroatoms. The van der Waals surface area contributed by atoms with E-state index in [1.54, 1.807) is 41.3 Å². The molecule has 0 radical (unpaired) electrons. The first-order chi connectivity index (χ1) is 13.5. The molecule has 0 aliphatic carbocycles. The van der Waals surface area contributed by atoms with Crippen molar-refractivity contribution in [1.29, 1.82) is 0 Å². The van der Waals surface area contributed by atoms with E-state index in [0.29, 0.717) is 35.5 Å². The van der Waals surface area contributed by atoms with E-state index in [-0.39, 0.29) is 24.3 Å². The molecule has 28 heavy (non-hydrogen) atoms. The molecular formula is C21H21N3O4. The van der Waals surface area contributed by atoms with Gasteiger partial charge in [-0.05, 0) is 37.6 Å². The average Bonchev–Trinajstić information content (AvgIpc) is 3.01. The van der Waals surface area contributed by atoms with Crippen LogP contribution >= 0.6 is 0 Å². The number of anilines is 2. The number of hydrogen-bond donors (Lipinski definition) is 1. The Morgan fingerprint density at radius 3 is 2.64 bits per heavy atom. The zero-order valence-electron chi connectivity index (χ0n) is 15.8. The molecule has 1 atom stereocenters. The quantitative estimate of drug-likeness (QED) is 0.886. The van der Waals surface area contributed by atoms with Crippen molar-refractivity contribution in [2.75, 3.05) is 23.9 Å². The highest BCUT2D eigenvalue weighted by atomic mass is 16.5. The molecule has 1 fully saturated rings. The zero-order chi connectivity index (χ0) is 19.9. The van der Waals surface area contributed by atoms with E-state index >= 15 is 0 Å². The molecule has 7 nitrogen and oxygen atoms in total. The fourth-order valence-corrected chi connectivity index (χ4v) is 4.02. The van der Waals surface area contributed by atoms with Crippen LogP contribution in [0.15, 0.2) is 48.5 Å². The number of hydrogen-bond acceptors (Lipinski definition) is 4. The van der Waals surface area contributed by atoms with Gasteiger partial charge in [0, 0.05) is 6.42 Å². The third-order valence-corrected chi connectivity index (χ3v) is 5.43. The average molecular weight is 379 g/mol. The molecule has 0 bridgehead atoms. The van der Waals surface area contributed by atoms with Gasteiger partial charge in [-0.15, -0.1) is 0 Å². The Labute approximate surface area is 162 Å². The van der Waals surface area contributed by atoms with E-state index in [4.69, 9.17) is 4.74 Å². The Hall–Kier alpha value is -3.35. The fraction of sp³-hybridized carbons (Fsp3) is 0.286. The summed E-state index contributed by atoms with van der Waals surface area (Å²) in [7, 11) is 1.53. The van der Waals surface area contributed by atoms with E-state index in [1.165, 1.54) is 12.0 Å². The third-order valence-electron chi connectivity index (χ3n) is 5.43. The van der Waals surface area contributed by atoms with Crippen LogP contribution in [0.1, 0.15) is 30.1 Å². The first-order valence-electron chi connectivity index (χ1n) is 9.12. The first-order valence-corrected chi connectivity index (χ1v) is 9.12. The molecule has 2 heterocycles. The lowest BCUT2D eigenvalue weighted by Gasteiger charge is -2.48. The van der Waals surface area contributed by atoms with Crippen molar-refractivity contribution in [3.8, 4) is 5.75 Å². The van der Waals surface area contributed by atoms with E-state index in [1.807, 2.05) is 19.1 Å². The molecule has 1 N–H and O–H groups in total. The number of methoxy groups -OCH3 is 1. The summed E-state index contributed by atoms with van der Waals surface area (Å²) in [4.78, 5) is 41.6. The highest BCUT2D eigenvalue weighted by molar-refractivity contribution is 6.11. The van der Waals surface area contributed by atoms with Gasteiger partial charge in [0.1, 0.15) is 18.0 Å². The third kappa shape index (κ3) is 2.70. The normalized spacial score (nSPS) is 20.6. The Bertz CT molecular complexity index is 974. The van der Waals surface area contributed by atoms with Gasteiger partial charge >= 0.3 is 0 Å². The Kier molecular flexibility index (Phi) is 4.30. The molecule has 1 unspecified atom stereocenters. The van der Waals surface area contributed by atoms with E-state index in [0.717, 1.165) is 0 Å². The summed E-state index contributed by atoms with van der Waals surface area (Å²) >= 11 is 0. The summed E-state index contributed by atoms with van der Waals surface area (Å²) in [5.41, 5.74) is 0.712. The Balaban J connectivity index is 1.65. The van der Waals surface area contributed by atoms with Crippen LogP contribution in [-0.2, 0) is 9.59 Å². The van der Waals surface area contributed by atoms with E-state index in [2.05, 4.69) is 5.32 Å². The van der Waals surface area contributed by atoms with Crippen molar-refractivity contribution in [1.82, 2.24) is 4.90 Å². The van der Waals surface area contributed by atoms with E-state index in [9.17, 15) is 14.4 Å². The minimum absolute atomic E-state index is 0.0439. The second-order valence-electron chi connectivity index (χ2n) is 7.10. The number of carbonyl (C=O) groups excluding carboxylic acids is 3. The van der Waals surface area contributed by atoms with Crippen LogP contribution in [0.4, 0.5) is 11.4 Å². The highest BCUT2D eigenvalue weighted by Gasteiger charge is 2.53. The van der Waals surface area contributed by atoms with Crippen molar-refractivity contribution in [2.45, 2.75) is 25.4 Å². The number of nitrogens with zero attached hydrogens (tertiary/aromatic N) is 2. The molecule has 1 saturated heterocycles. The van der Waals surface area contributed by atoms with Crippen molar-refractivity contribution in [3.05, 3.63) is 54.1 Å². The number of para-hydroxylation sites is 3. The Morgan fingerprint density at radius 1 is 1.14 bits per heavy atom. The summed E-state index contributed by atoms with van der Waals surface area (Å²) in [6.45, 7) is 1.67. The van der Waals surface area contributed by atoms with Crippen LogP contribution < -0.4 is 15.0 Å². The molecule has 144 valence electrons. The number of fused-ring (bicyclic) bond motifs is 3. The lowest BCUT2D eigenvalue weighted by atomic mass is 9.98. The Morgan fingerprint density at radius 2 is 1.86 bits per heavy atom. The second-order valence-corrected chi connectivity index (χ2v) is 7.10. The van der Waals surface area contributed by atoms with Gasteiger partial charge in [-0.1, -0.05) is 24.3 Å². The van der Waals surface area contributed by atoms with Crippen LogP contribution in [0.5, 0.6) is 5.75 Å². The maximum Gasteiger partial charge on any atom is 0.258 e. The summed E-state index contributed by atoms with van der Waals surface area (Å²) in [5.74, 6) is -0.107. The zero-order valence-corrected chi connectivity index (χ0v) is 15.8. The number of amides is 3. The van der Waals surface area contributed by atoms with Gasteiger partial charge < -0.3 is 15.0 Å². The first kappa shape index (κ1) is 18.0. The predicted octanol–water partition coefficient (Wildman–Crippen LogP) is 2.63. The van der Waals surface area contributed by atoms with Crippen LogP contribution in [0.2, 0.25) is 0 Å². The lowest BCUT2D eigenvalue weighted by Crippen LogP contribution is -2.63. The van der Waals surface area contributed by atoms with Crippen LogP contribution in [0.25, 0.3) is 0 Å². The van der Waals surface area contributed by atoms with Crippen molar-refractivity contribution >= 4 is 29.1 Å². The molecule has 0 spiro atoms. The van der Waals surface area contributed by atoms with Crippen LogP contribution in [0, 0.1) is 0 Å². The number of ether oxygens (including phenoxy) is 1. The largest absolute Gasteiger partial charge is 0.495 e. The van der Waals surface area contributed by atoms with Crippen molar-refractivity contribution < 1.29 is 19.1 Å². The van der Waals surface area contributed by atoms with Gasteiger partial charge in [-0.25, -0.2) is 0 Å². The van der Waals surface area contributed by atoms with Gasteiger partial charge in [0.05, 0.1) is 24.0 Å². The summed E-state index contributed by atoms with van der Waals surface area (Å²) in [6, 6.07) is 14.1. The summed E-state index contributed by atoms with van der Waals surface area (Å²) in [5, 5.41) is 2.80. The monoisotopic (exact) mass is 379 g/mol. The molecule has 2 aromatic rings. The highest BCUT2D eigenvalue weighted by Crippen LogP contribution is 2.43. The summed E-state index contributed by atoms with van der Waals surface area (Å²) < 4.78 is 5.26. The molecule has 0 aromatic heterocycles. The van der Waals surface area contributed by atoms with Gasteiger partial charge in [0.25, 0.3) is 5.91 Å². The molecular weight excluding hydrogens is 358 g/mol. The topological polar surface area (TPSA) is 79.0 Å². The van der Waals surface area contributed by atoms with E-state index < -0.39 is 5.66 Å². The standard InChI is InChI=1S/C21H21N3O4/c1-21-12-11-19(26)24(21)16-9-5-3-7-14(16)20(27)23(21)13-18(25)22-15-8-4-6-10-17(15)28-2/h3-10H,11-13H2,1-2H3,(H,22,25). The van der Waals surface area contributed by atoms with Gasteiger partial charge in [0.15, 0.2) is 0 Å². The molecule has 2 aromatic carbocycles. The van der Waals surface area contributed by atoms with Crippen LogP contribution in [0.3, 0.4) is 0 Å². The van der Waals surface area contributed by atoms with Crippen molar-refractivity contribution in [3.63, 3.8) is 0 Å².